The van der Waals surface area contributed by atoms with Crippen LogP contribution in [-0.2, 0) is 9.53 Å². The first-order chi connectivity index (χ1) is 12.5. The molecule has 2 amide bonds. The Bertz CT molecular complexity index is 706. The molecule has 2 aliphatic rings. The van der Waals surface area contributed by atoms with E-state index in [0.717, 1.165) is 18.9 Å². The standard InChI is InChI=1S/C18H22FN2O4S/c1-2-17(22)20-10-14-11-21(18(23)25-14)13-3-4-15(16(19)9-13)12-5-7-26(24)8-6-12/h2-4,9,12,14,24H,1,5-8,10-11H2,(H,20,22). The highest BCUT2D eigenvalue weighted by atomic mass is 32.2. The quantitative estimate of drug-likeness (QED) is 0.769. The maximum absolute atomic E-state index is 14.6. The number of cyclic esters (lactones) is 1. The fourth-order valence-corrected chi connectivity index (χ4v) is 4.57. The molecule has 0 bridgehead atoms. The van der Waals surface area contributed by atoms with E-state index in [2.05, 4.69) is 11.9 Å². The van der Waals surface area contributed by atoms with Gasteiger partial charge in [-0.05, 0) is 42.5 Å². The van der Waals surface area contributed by atoms with Crippen LogP contribution >= 0.6 is 11.2 Å². The van der Waals surface area contributed by atoms with E-state index >= 15 is 0 Å². The average molecular weight is 381 g/mol. The van der Waals surface area contributed by atoms with E-state index in [9.17, 15) is 18.5 Å². The highest BCUT2D eigenvalue weighted by Gasteiger charge is 2.33. The Hall–Kier alpha value is -2.06. The molecule has 2 aliphatic heterocycles. The van der Waals surface area contributed by atoms with Crippen LogP contribution in [0, 0.1) is 5.82 Å². The molecular weight excluding hydrogens is 359 g/mol. The molecule has 1 unspecified atom stereocenters. The Morgan fingerprint density at radius 3 is 2.85 bits per heavy atom. The molecule has 3 rings (SSSR count). The lowest BCUT2D eigenvalue weighted by molar-refractivity contribution is -0.116. The van der Waals surface area contributed by atoms with Crippen LogP contribution in [0.1, 0.15) is 24.3 Å². The third kappa shape index (κ3) is 4.19. The largest absolute Gasteiger partial charge is 0.442 e. The van der Waals surface area contributed by atoms with Gasteiger partial charge in [0.15, 0.2) is 0 Å². The fourth-order valence-electron chi connectivity index (χ4n) is 3.25. The lowest BCUT2D eigenvalue weighted by atomic mass is 9.93. The molecule has 6 nitrogen and oxygen atoms in total. The third-order valence-electron chi connectivity index (χ3n) is 4.70. The zero-order chi connectivity index (χ0) is 18.7. The number of hydrogen-bond acceptors (Lipinski definition) is 4. The van der Waals surface area contributed by atoms with Crippen molar-refractivity contribution in [3.8, 4) is 0 Å². The molecule has 26 heavy (non-hydrogen) atoms. The number of halogens is 1. The highest BCUT2D eigenvalue weighted by Crippen LogP contribution is 2.39. The smallest absolute Gasteiger partial charge is 0.414 e. The van der Waals surface area contributed by atoms with Crippen molar-refractivity contribution >= 4 is 28.9 Å². The van der Waals surface area contributed by atoms with Crippen LogP contribution < -0.4 is 10.2 Å². The number of hydrogen-bond donors (Lipinski definition) is 2. The molecule has 1 aromatic rings. The minimum absolute atomic E-state index is 0.104. The van der Waals surface area contributed by atoms with Gasteiger partial charge in [-0.25, -0.2) is 9.18 Å². The molecule has 141 valence electrons. The molecule has 2 saturated heterocycles. The van der Waals surface area contributed by atoms with Crippen LogP contribution in [0.15, 0.2) is 30.9 Å². The summed E-state index contributed by atoms with van der Waals surface area (Å²) in [6, 6.07) is 4.79. The van der Waals surface area contributed by atoms with Crippen molar-refractivity contribution in [3.63, 3.8) is 0 Å². The summed E-state index contributed by atoms with van der Waals surface area (Å²) < 4.78 is 29.4. The van der Waals surface area contributed by atoms with E-state index < -0.39 is 23.4 Å². The molecule has 1 atom stereocenters. The fraction of sp³-hybridized carbons (Fsp3) is 0.444. The van der Waals surface area contributed by atoms with E-state index in [4.69, 9.17) is 4.74 Å². The van der Waals surface area contributed by atoms with Gasteiger partial charge in [-0.15, -0.1) is 0 Å². The van der Waals surface area contributed by atoms with Crippen LogP contribution in [0.5, 0.6) is 0 Å². The van der Waals surface area contributed by atoms with Crippen molar-refractivity contribution in [2.75, 3.05) is 29.5 Å². The molecule has 8 heteroatoms. The molecule has 2 heterocycles. The summed E-state index contributed by atoms with van der Waals surface area (Å²) in [4.78, 5) is 24.6. The number of carbonyl (C=O) groups is 2. The Labute approximate surface area is 154 Å². The van der Waals surface area contributed by atoms with Crippen LogP contribution in [-0.4, -0.2) is 47.3 Å². The van der Waals surface area contributed by atoms with Crippen LogP contribution in [0.2, 0.25) is 0 Å². The summed E-state index contributed by atoms with van der Waals surface area (Å²) in [5.41, 5.74) is 1.07. The van der Waals surface area contributed by atoms with Gasteiger partial charge in [-0.2, -0.15) is 0 Å². The first-order valence-corrected chi connectivity index (χ1v) is 10.0. The second-order valence-corrected chi connectivity index (χ2v) is 8.16. The van der Waals surface area contributed by atoms with Crippen molar-refractivity contribution in [2.45, 2.75) is 24.9 Å². The maximum atomic E-state index is 14.6. The SMILES string of the molecule is C=CC(=O)NCC1CN(c2ccc(C3CC[S](O)CC3)c(F)c2)C(=O)O1. The van der Waals surface area contributed by atoms with Gasteiger partial charge in [0, 0.05) is 11.5 Å². The predicted molar refractivity (Wildman–Crippen MR) is 99.2 cm³/mol. The van der Waals surface area contributed by atoms with Gasteiger partial charge in [0.1, 0.15) is 11.9 Å². The number of carbonyl (C=O) groups excluding carboxylic acids is 2. The molecular formula is C18H22FN2O4S. The molecule has 1 aromatic carbocycles. The molecule has 2 N–H and O–H groups in total. The molecule has 0 aromatic heterocycles. The van der Waals surface area contributed by atoms with E-state index in [0.29, 0.717) is 22.8 Å². The summed E-state index contributed by atoms with van der Waals surface area (Å²) in [7, 11) is 0. The molecule has 0 saturated carbocycles. The van der Waals surface area contributed by atoms with E-state index in [-0.39, 0.29) is 30.7 Å². The molecule has 1 radical (unpaired) electrons. The Kier molecular flexibility index (Phi) is 5.83. The number of ether oxygens (including phenoxy) is 1. The van der Waals surface area contributed by atoms with Crippen molar-refractivity contribution in [2.24, 2.45) is 0 Å². The van der Waals surface area contributed by atoms with Gasteiger partial charge in [0.05, 0.1) is 18.8 Å². The number of nitrogens with one attached hydrogen (secondary N) is 1. The number of rotatable bonds is 5. The van der Waals surface area contributed by atoms with Gasteiger partial charge in [-0.1, -0.05) is 23.8 Å². The lowest BCUT2D eigenvalue weighted by Crippen LogP contribution is -2.33. The summed E-state index contributed by atoms with van der Waals surface area (Å²) in [6.07, 6.45) is 1.64. The minimum Gasteiger partial charge on any atom is -0.442 e. The van der Waals surface area contributed by atoms with Gasteiger partial charge < -0.3 is 14.6 Å². The Morgan fingerprint density at radius 1 is 1.46 bits per heavy atom. The summed E-state index contributed by atoms with van der Waals surface area (Å²) in [5.74, 6) is 0.842. The zero-order valence-corrected chi connectivity index (χ0v) is 15.1. The number of anilines is 1. The molecule has 0 spiro atoms. The van der Waals surface area contributed by atoms with Crippen molar-refractivity contribution in [3.05, 3.63) is 42.2 Å². The zero-order valence-electron chi connectivity index (χ0n) is 14.3. The van der Waals surface area contributed by atoms with E-state index in [1.807, 2.05) is 0 Å². The molecule has 0 aliphatic carbocycles. The molecule has 2 fully saturated rings. The minimum atomic E-state index is -0.558. The summed E-state index contributed by atoms with van der Waals surface area (Å²) in [5, 5.41) is 2.58. The second kappa shape index (κ2) is 8.09. The lowest BCUT2D eigenvalue weighted by Gasteiger charge is -2.27. The Balaban J connectivity index is 1.66. The summed E-state index contributed by atoms with van der Waals surface area (Å²) in [6.45, 7) is 3.78. The van der Waals surface area contributed by atoms with Crippen LogP contribution in [0.4, 0.5) is 14.9 Å². The first-order valence-electron chi connectivity index (χ1n) is 8.52. The Morgan fingerprint density at radius 2 is 2.19 bits per heavy atom. The monoisotopic (exact) mass is 381 g/mol. The number of amides is 2. The topological polar surface area (TPSA) is 78.9 Å². The normalized spacial score (nSPS) is 21.5. The maximum Gasteiger partial charge on any atom is 0.414 e. The number of benzene rings is 1. The van der Waals surface area contributed by atoms with Crippen molar-refractivity contribution in [1.82, 2.24) is 5.32 Å². The van der Waals surface area contributed by atoms with Crippen LogP contribution in [0.3, 0.4) is 0 Å². The number of nitrogens with zero attached hydrogens (tertiary/aromatic N) is 1. The van der Waals surface area contributed by atoms with E-state index in [1.165, 1.54) is 11.0 Å². The van der Waals surface area contributed by atoms with Crippen molar-refractivity contribution in [1.29, 1.82) is 0 Å². The van der Waals surface area contributed by atoms with Crippen molar-refractivity contribution < 1.29 is 23.3 Å². The predicted octanol–water partition coefficient (Wildman–Crippen LogP) is 3.07. The van der Waals surface area contributed by atoms with Gasteiger partial charge in [-0.3, -0.25) is 9.69 Å². The highest BCUT2D eigenvalue weighted by molar-refractivity contribution is 8.12. The average Bonchev–Trinajstić information content (AvgIpc) is 3.01. The second-order valence-electron chi connectivity index (χ2n) is 6.42. The van der Waals surface area contributed by atoms with Crippen LogP contribution in [0.25, 0.3) is 0 Å². The van der Waals surface area contributed by atoms with Gasteiger partial charge in [0.2, 0.25) is 5.91 Å². The van der Waals surface area contributed by atoms with Gasteiger partial charge in [0.25, 0.3) is 0 Å². The third-order valence-corrected chi connectivity index (χ3v) is 6.12. The first kappa shape index (κ1) is 18.7. The summed E-state index contributed by atoms with van der Waals surface area (Å²) >= 11 is -0.541. The van der Waals surface area contributed by atoms with E-state index in [1.54, 1.807) is 12.1 Å². The van der Waals surface area contributed by atoms with Gasteiger partial charge >= 0.3 is 6.09 Å².